The van der Waals surface area contributed by atoms with Crippen molar-refractivity contribution in [2.45, 2.75) is 51.4 Å². The second-order valence-corrected chi connectivity index (χ2v) is 6.52. The lowest BCUT2D eigenvalue weighted by atomic mass is 9.95. The van der Waals surface area contributed by atoms with Crippen LogP contribution in [0.15, 0.2) is 36.4 Å². The summed E-state index contributed by atoms with van der Waals surface area (Å²) < 4.78 is 0. The summed E-state index contributed by atoms with van der Waals surface area (Å²) in [6.07, 6.45) is 9.91. The molecule has 0 aromatic heterocycles. The molecule has 4 rings (SSSR count). The van der Waals surface area contributed by atoms with Crippen molar-refractivity contribution in [3.05, 3.63) is 69.8 Å². The summed E-state index contributed by atoms with van der Waals surface area (Å²) in [6, 6.07) is 14.7. The van der Waals surface area contributed by atoms with Gasteiger partial charge in [0.2, 0.25) is 0 Å². The molecule has 0 radical (unpaired) electrons. The molecule has 0 heteroatoms. The van der Waals surface area contributed by atoms with Gasteiger partial charge in [-0.15, -0.1) is 0 Å². The van der Waals surface area contributed by atoms with Crippen LogP contribution in [0, 0.1) is 0 Å². The van der Waals surface area contributed by atoms with Crippen molar-refractivity contribution >= 4 is 0 Å². The fourth-order valence-corrected chi connectivity index (χ4v) is 3.83. The monoisotopic (exact) mass is 262 g/mol. The van der Waals surface area contributed by atoms with Gasteiger partial charge in [-0.25, -0.2) is 0 Å². The zero-order chi connectivity index (χ0) is 13.4. The van der Waals surface area contributed by atoms with E-state index in [-0.39, 0.29) is 0 Å². The molecular formula is C20H22. The van der Waals surface area contributed by atoms with Gasteiger partial charge >= 0.3 is 0 Å². The average Bonchev–Trinajstić information content (AvgIpc) is 2.46. The van der Waals surface area contributed by atoms with Gasteiger partial charge in [0.1, 0.15) is 0 Å². The van der Waals surface area contributed by atoms with Crippen LogP contribution >= 0.6 is 0 Å². The van der Waals surface area contributed by atoms with E-state index in [0.29, 0.717) is 0 Å². The van der Waals surface area contributed by atoms with Crippen LogP contribution in [0.2, 0.25) is 0 Å². The molecule has 20 heavy (non-hydrogen) atoms. The molecule has 0 amide bonds. The standard InChI is InChI=1S/C20H22/c1-3-15-9-17-5-2-6-18-10-16(4-1)12-20(14-18)8-7-19(11-15)13-17/h9-14H,1-8H2. The summed E-state index contributed by atoms with van der Waals surface area (Å²) in [4.78, 5) is 0. The topological polar surface area (TPSA) is 0 Å². The van der Waals surface area contributed by atoms with Gasteiger partial charge in [0.05, 0.1) is 0 Å². The molecule has 2 aromatic carbocycles. The van der Waals surface area contributed by atoms with E-state index in [0.717, 1.165) is 0 Å². The predicted octanol–water partition coefficient (Wildman–Crippen LogP) is 4.45. The van der Waals surface area contributed by atoms with Crippen molar-refractivity contribution in [3.8, 4) is 0 Å². The van der Waals surface area contributed by atoms with E-state index in [1.807, 2.05) is 0 Å². The van der Waals surface area contributed by atoms with Crippen LogP contribution in [0.3, 0.4) is 0 Å². The molecule has 102 valence electrons. The fraction of sp³-hybridized carbons (Fsp3) is 0.400. The van der Waals surface area contributed by atoms with Gasteiger partial charge in [0.25, 0.3) is 0 Å². The van der Waals surface area contributed by atoms with E-state index >= 15 is 0 Å². The van der Waals surface area contributed by atoms with E-state index in [9.17, 15) is 0 Å². The zero-order valence-corrected chi connectivity index (χ0v) is 12.1. The van der Waals surface area contributed by atoms with Gasteiger partial charge in [-0.2, -0.15) is 0 Å². The molecule has 0 fully saturated rings. The SMILES string of the molecule is c1c2cc3cc1CCCc1cc(cc(c1)CC3)CCC2. The van der Waals surface area contributed by atoms with E-state index in [1.54, 1.807) is 33.4 Å². The van der Waals surface area contributed by atoms with Crippen molar-refractivity contribution in [2.75, 3.05) is 0 Å². The Morgan fingerprint density at radius 2 is 0.600 bits per heavy atom. The number of hydrogen-bond acceptors (Lipinski definition) is 0. The Kier molecular flexibility index (Phi) is 3.10. The van der Waals surface area contributed by atoms with Gasteiger partial charge in [-0.3, -0.25) is 0 Å². The summed E-state index contributed by atoms with van der Waals surface area (Å²) in [6.45, 7) is 0. The van der Waals surface area contributed by atoms with Crippen LogP contribution in [-0.2, 0) is 38.5 Å². The maximum Gasteiger partial charge on any atom is -0.0238 e. The Morgan fingerprint density at radius 3 is 0.900 bits per heavy atom. The molecule has 0 heterocycles. The second-order valence-electron chi connectivity index (χ2n) is 6.52. The molecule has 0 unspecified atom stereocenters. The highest BCUT2D eigenvalue weighted by molar-refractivity contribution is 5.36. The quantitative estimate of drug-likeness (QED) is 0.658. The highest BCUT2D eigenvalue weighted by Gasteiger charge is 2.09. The Morgan fingerprint density at radius 1 is 0.350 bits per heavy atom. The molecule has 0 N–H and O–H groups in total. The van der Waals surface area contributed by atoms with Crippen molar-refractivity contribution in [3.63, 3.8) is 0 Å². The zero-order valence-electron chi connectivity index (χ0n) is 12.1. The molecule has 2 aliphatic rings. The van der Waals surface area contributed by atoms with E-state index in [4.69, 9.17) is 0 Å². The third-order valence-electron chi connectivity index (χ3n) is 4.79. The Hall–Kier alpha value is -1.56. The van der Waals surface area contributed by atoms with Crippen molar-refractivity contribution < 1.29 is 0 Å². The highest BCUT2D eigenvalue weighted by atomic mass is 14.1. The molecule has 0 spiro atoms. The molecular weight excluding hydrogens is 240 g/mol. The fourth-order valence-electron chi connectivity index (χ4n) is 3.83. The third-order valence-corrected chi connectivity index (χ3v) is 4.79. The minimum Gasteiger partial charge on any atom is -0.0558 e. The molecule has 2 aliphatic carbocycles. The van der Waals surface area contributed by atoms with Crippen LogP contribution in [0.5, 0.6) is 0 Å². The summed E-state index contributed by atoms with van der Waals surface area (Å²) in [5, 5.41) is 0. The largest absolute Gasteiger partial charge is 0.0558 e. The van der Waals surface area contributed by atoms with Gasteiger partial charge < -0.3 is 0 Å². The number of fused-ring (bicyclic) bond motifs is 5. The summed E-state index contributed by atoms with van der Waals surface area (Å²) in [5.74, 6) is 0. The molecule has 0 aliphatic heterocycles. The lowest BCUT2D eigenvalue weighted by Crippen LogP contribution is -1.98. The first-order valence-corrected chi connectivity index (χ1v) is 8.09. The van der Waals surface area contributed by atoms with Crippen LogP contribution in [-0.4, -0.2) is 0 Å². The van der Waals surface area contributed by atoms with Gasteiger partial charge in [0, 0.05) is 0 Å². The smallest absolute Gasteiger partial charge is 0.0238 e. The summed E-state index contributed by atoms with van der Waals surface area (Å²) in [7, 11) is 0. The number of benzene rings is 2. The highest BCUT2D eigenvalue weighted by Crippen LogP contribution is 2.23. The number of hydrogen-bond donors (Lipinski definition) is 0. The Labute approximate surface area is 121 Å². The summed E-state index contributed by atoms with van der Waals surface area (Å²) >= 11 is 0. The van der Waals surface area contributed by atoms with Gasteiger partial charge in [-0.1, -0.05) is 36.4 Å². The van der Waals surface area contributed by atoms with Crippen LogP contribution in [0.1, 0.15) is 46.2 Å². The molecule has 2 aromatic rings. The molecule has 0 atom stereocenters. The van der Waals surface area contributed by atoms with Gasteiger partial charge in [-0.05, 0) is 84.7 Å². The van der Waals surface area contributed by atoms with Crippen LogP contribution < -0.4 is 0 Å². The molecule has 0 saturated carbocycles. The maximum absolute atomic E-state index is 2.46. The number of aryl methyl sites for hydroxylation is 6. The minimum atomic E-state index is 1.20. The molecule has 6 bridgehead atoms. The lowest BCUT2D eigenvalue weighted by molar-refractivity contribution is 0.788. The van der Waals surface area contributed by atoms with E-state index < -0.39 is 0 Å². The van der Waals surface area contributed by atoms with Crippen LogP contribution in [0.25, 0.3) is 0 Å². The Bertz CT molecular complexity index is 534. The van der Waals surface area contributed by atoms with Gasteiger partial charge in [0.15, 0.2) is 0 Å². The van der Waals surface area contributed by atoms with E-state index in [1.165, 1.54) is 51.4 Å². The predicted molar refractivity (Wildman–Crippen MR) is 84.3 cm³/mol. The van der Waals surface area contributed by atoms with E-state index in [2.05, 4.69) is 36.4 Å². The number of rotatable bonds is 0. The van der Waals surface area contributed by atoms with Crippen LogP contribution in [0.4, 0.5) is 0 Å². The lowest BCUT2D eigenvalue weighted by Gasteiger charge is -2.11. The molecule has 0 saturated heterocycles. The first-order chi connectivity index (χ1) is 9.85. The van der Waals surface area contributed by atoms with Crippen molar-refractivity contribution in [1.82, 2.24) is 0 Å². The first-order valence-electron chi connectivity index (χ1n) is 8.09. The normalized spacial score (nSPS) is 17.4. The maximum atomic E-state index is 2.46. The first kappa shape index (κ1) is 12.2. The van der Waals surface area contributed by atoms with Crippen molar-refractivity contribution in [2.24, 2.45) is 0 Å². The molecule has 0 nitrogen and oxygen atoms in total. The Balaban J connectivity index is 1.86. The average molecular weight is 262 g/mol. The third kappa shape index (κ3) is 2.52. The minimum absolute atomic E-state index is 1.20. The summed E-state index contributed by atoms with van der Waals surface area (Å²) in [5.41, 5.74) is 9.35. The van der Waals surface area contributed by atoms with Crippen molar-refractivity contribution in [1.29, 1.82) is 0 Å². The second kappa shape index (κ2) is 5.09.